The molecule has 0 aliphatic heterocycles. The molecule has 0 fully saturated rings. The van der Waals surface area contributed by atoms with Crippen molar-refractivity contribution in [2.75, 3.05) is 0 Å². The molecular formula is C18H13N3O. The molecule has 0 saturated heterocycles. The summed E-state index contributed by atoms with van der Waals surface area (Å²) >= 11 is 0. The summed E-state index contributed by atoms with van der Waals surface area (Å²) in [4.78, 5) is 16.7. The predicted molar refractivity (Wildman–Crippen MR) is 88.4 cm³/mol. The summed E-state index contributed by atoms with van der Waals surface area (Å²) in [5.41, 5.74) is 3.71. The van der Waals surface area contributed by atoms with E-state index in [9.17, 15) is 4.79 Å². The standard InChI is InChI=1S/C18H13N3O/c19-21-18(22)15-9-14-13-7-3-4-8-17(13)20-10-16(14)12-6-2-1-5-11(12)15/h1-10H,19H2,(H,21,22). The number of hydrazine groups is 1. The summed E-state index contributed by atoms with van der Waals surface area (Å²) < 4.78 is 0. The Morgan fingerprint density at radius 2 is 1.55 bits per heavy atom. The summed E-state index contributed by atoms with van der Waals surface area (Å²) in [6, 6.07) is 17.6. The second-order valence-corrected chi connectivity index (χ2v) is 5.18. The fraction of sp³-hybridized carbons (Fsp3) is 0. The van der Waals surface area contributed by atoms with Gasteiger partial charge in [0.15, 0.2) is 0 Å². The quantitative estimate of drug-likeness (QED) is 0.244. The van der Waals surface area contributed by atoms with E-state index in [1.54, 1.807) is 0 Å². The van der Waals surface area contributed by atoms with Crippen LogP contribution in [0.3, 0.4) is 0 Å². The van der Waals surface area contributed by atoms with Gasteiger partial charge in [-0.2, -0.15) is 0 Å². The number of nitrogen functional groups attached to an aromatic ring is 1. The second kappa shape index (κ2) is 4.79. The highest BCUT2D eigenvalue weighted by atomic mass is 16.2. The van der Waals surface area contributed by atoms with Crippen LogP contribution < -0.4 is 11.3 Å². The Morgan fingerprint density at radius 1 is 0.864 bits per heavy atom. The molecule has 4 rings (SSSR count). The normalized spacial score (nSPS) is 11.1. The van der Waals surface area contributed by atoms with Gasteiger partial charge in [-0.1, -0.05) is 42.5 Å². The number of nitrogens with zero attached hydrogens (tertiary/aromatic N) is 1. The first-order chi connectivity index (χ1) is 10.8. The van der Waals surface area contributed by atoms with E-state index in [0.717, 1.165) is 32.4 Å². The molecule has 4 nitrogen and oxygen atoms in total. The van der Waals surface area contributed by atoms with Crippen LogP contribution in [0.2, 0.25) is 0 Å². The van der Waals surface area contributed by atoms with E-state index in [2.05, 4.69) is 10.4 Å². The molecule has 3 N–H and O–H groups in total. The maximum atomic E-state index is 12.2. The Hall–Kier alpha value is -2.98. The number of nitrogens with two attached hydrogens (primary N) is 1. The summed E-state index contributed by atoms with van der Waals surface area (Å²) in [7, 11) is 0. The number of carbonyl (C=O) groups is 1. The fourth-order valence-corrected chi connectivity index (χ4v) is 2.97. The van der Waals surface area contributed by atoms with Crippen LogP contribution >= 0.6 is 0 Å². The lowest BCUT2D eigenvalue weighted by atomic mass is 9.96. The van der Waals surface area contributed by atoms with Gasteiger partial charge in [0.05, 0.1) is 5.52 Å². The van der Waals surface area contributed by atoms with Gasteiger partial charge in [-0.25, -0.2) is 5.84 Å². The molecule has 1 aromatic heterocycles. The highest BCUT2D eigenvalue weighted by Gasteiger charge is 2.13. The number of hydrogen-bond acceptors (Lipinski definition) is 3. The molecule has 0 aliphatic rings. The first-order valence-electron chi connectivity index (χ1n) is 7.00. The van der Waals surface area contributed by atoms with Crippen molar-refractivity contribution in [2.45, 2.75) is 0 Å². The number of hydrogen-bond donors (Lipinski definition) is 2. The van der Waals surface area contributed by atoms with E-state index in [1.807, 2.05) is 60.8 Å². The van der Waals surface area contributed by atoms with Crippen molar-refractivity contribution in [3.8, 4) is 0 Å². The third-order valence-electron chi connectivity index (χ3n) is 3.99. The van der Waals surface area contributed by atoms with Crippen molar-refractivity contribution in [1.82, 2.24) is 10.4 Å². The third kappa shape index (κ3) is 1.75. The van der Waals surface area contributed by atoms with Gasteiger partial charge in [0, 0.05) is 22.5 Å². The number of pyridine rings is 1. The number of nitrogens with one attached hydrogen (secondary N) is 1. The van der Waals surface area contributed by atoms with Gasteiger partial charge in [-0.15, -0.1) is 0 Å². The molecule has 0 unspecified atom stereocenters. The number of amides is 1. The number of rotatable bonds is 1. The molecule has 1 heterocycles. The van der Waals surface area contributed by atoms with Gasteiger partial charge in [-0.05, 0) is 28.3 Å². The molecule has 0 atom stereocenters. The SMILES string of the molecule is NNC(=O)c1cc2c3ccccc3ncc2c2ccccc12. The van der Waals surface area contributed by atoms with Crippen LogP contribution in [-0.2, 0) is 0 Å². The van der Waals surface area contributed by atoms with Crippen molar-refractivity contribution < 1.29 is 4.79 Å². The van der Waals surface area contributed by atoms with Crippen LogP contribution in [0, 0.1) is 0 Å². The summed E-state index contributed by atoms with van der Waals surface area (Å²) in [6.45, 7) is 0. The highest BCUT2D eigenvalue weighted by Crippen LogP contribution is 2.32. The minimum Gasteiger partial charge on any atom is -0.290 e. The molecular weight excluding hydrogens is 274 g/mol. The van der Waals surface area contributed by atoms with Crippen molar-refractivity contribution in [1.29, 1.82) is 0 Å². The maximum Gasteiger partial charge on any atom is 0.265 e. The highest BCUT2D eigenvalue weighted by molar-refractivity contribution is 6.21. The van der Waals surface area contributed by atoms with Gasteiger partial charge in [0.1, 0.15) is 0 Å². The van der Waals surface area contributed by atoms with E-state index in [-0.39, 0.29) is 5.91 Å². The predicted octanol–water partition coefficient (Wildman–Crippen LogP) is 3.14. The average Bonchev–Trinajstić information content (AvgIpc) is 2.60. The van der Waals surface area contributed by atoms with Gasteiger partial charge in [-0.3, -0.25) is 15.2 Å². The van der Waals surface area contributed by atoms with Crippen molar-refractivity contribution in [2.24, 2.45) is 5.84 Å². The molecule has 3 aromatic carbocycles. The molecule has 0 aliphatic carbocycles. The first kappa shape index (κ1) is 12.7. The summed E-state index contributed by atoms with van der Waals surface area (Å²) in [6.07, 6.45) is 1.87. The van der Waals surface area contributed by atoms with Crippen LogP contribution in [0.5, 0.6) is 0 Å². The molecule has 4 heteroatoms. The molecule has 0 bridgehead atoms. The van der Waals surface area contributed by atoms with Gasteiger partial charge in [0.2, 0.25) is 0 Å². The van der Waals surface area contributed by atoms with Crippen LogP contribution in [0.4, 0.5) is 0 Å². The van der Waals surface area contributed by atoms with Crippen LogP contribution in [0.1, 0.15) is 10.4 Å². The van der Waals surface area contributed by atoms with Gasteiger partial charge < -0.3 is 0 Å². The van der Waals surface area contributed by atoms with E-state index in [0.29, 0.717) is 5.56 Å². The zero-order valence-corrected chi connectivity index (χ0v) is 11.7. The van der Waals surface area contributed by atoms with E-state index in [1.165, 1.54) is 0 Å². The molecule has 0 spiro atoms. The molecule has 22 heavy (non-hydrogen) atoms. The Balaban J connectivity index is 2.27. The maximum absolute atomic E-state index is 12.2. The Kier molecular flexibility index (Phi) is 2.77. The molecule has 0 saturated carbocycles. The van der Waals surface area contributed by atoms with Crippen molar-refractivity contribution >= 4 is 38.4 Å². The minimum atomic E-state index is -0.293. The van der Waals surface area contributed by atoms with Crippen LogP contribution in [-0.4, -0.2) is 10.9 Å². The summed E-state index contributed by atoms with van der Waals surface area (Å²) in [5.74, 6) is 5.05. The Bertz CT molecular complexity index is 1040. The average molecular weight is 287 g/mol. The monoisotopic (exact) mass is 287 g/mol. The number of carbonyl (C=O) groups excluding carboxylic acids is 1. The number of aromatic nitrogens is 1. The topological polar surface area (TPSA) is 68.0 Å². The zero-order valence-electron chi connectivity index (χ0n) is 11.7. The lowest BCUT2D eigenvalue weighted by Gasteiger charge is -2.11. The van der Waals surface area contributed by atoms with Crippen molar-refractivity contribution in [3.05, 3.63) is 66.4 Å². The third-order valence-corrected chi connectivity index (χ3v) is 3.99. The smallest absolute Gasteiger partial charge is 0.265 e. The number of fused-ring (bicyclic) bond motifs is 5. The molecule has 4 aromatic rings. The van der Waals surface area contributed by atoms with Gasteiger partial charge >= 0.3 is 0 Å². The zero-order chi connectivity index (χ0) is 15.1. The number of benzene rings is 3. The Labute approximate surface area is 126 Å². The lowest BCUT2D eigenvalue weighted by Crippen LogP contribution is -2.30. The minimum absolute atomic E-state index is 0.293. The lowest BCUT2D eigenvalue weighted by molar-refractivity contribution is 0.0955. The Morgan fingerprint density at radius 3 is 2.32 bits per heavy atom. The number of para-hydroxylation sites is 1. The van der Waals surface area contributed by atoms with Gasteiger partial charge in [0.25, 0.3) is 5.91 Å². The molecule has 1 amide bonds. The second-order valence-electron chi connectivity index (χ2n) is 5.18. The van der Waals surface area contributed by atoms with Crippen LogP contribution in [0.25, 0.3) is 32.4 Å². The van der Waals surface area contributed by atoms with E-state index in [4.69, 9.17) is 5.84 Å². The largest absolute Gasteiger partial charge is 0.290 e. The molecule has 106 valence electrons. The van der Waals surface area contributed by atoms with Crippen molar-refractivity contribution in [3.63, 3.8) is 0 Å². The fourth-order valence-electron chi connectivity index (χ4n) is 2.97. The summed E-state index contributed by atoms with van der Waals surface area (Å²) in [5, 5.41) is 4.93. The van der Waals surface area contributed by atoms with Crippen LogP contribution in [0.15, 0.2) is 60.8 Å². The first-order valence-corrected chi connectivity index (χ1v) is 7.00. The molecule has 0 radical (unpaired) electrons. The van der Waals surface area contributed by atoms with E-state index < -0.39 is 0 Å². The van der Waals surface area contributed by atoms with E-state index >= 15 is 0 Å².